The number of hydrogen-bond donors (Lipinski definition) is 0. The summed E-state index contributed by atoms with van der Waals surface area (Å²) in [7, 11) is 0. The molecular formula is C14H13F4N5. The predicted molar refractivity (Wildman–Crippen MR) is 75.1 cm³/mol. The minimum absolute atomic E-state index is 0.176. The molecule has 5 nitrogen and oxygen atoms in total. The summed E-state index contributed by atoms with van der Waals surface area (Å²) in [5, 5.41) is 0. The minimum Gasteiger partial charge on any atom is -0.365 e. The van der Waals surface area contributed by atoms with Crippen LogP contribution in [0.1, 0.15) is 6.42 Å². The van der Waals surface area contributed by atoms with Gasteiger partial charge in [0.15, 0.2) is 0 Å². The molecule has 2 aromatic heterocycles. The monoisotopic (exact) mass is 327 g/mol. The Morgan fingerprint density at radius 1 is 0.783 bits per heavy atom. The Labute approximate surface area is 129 Å². The lowest BCUT2D eigenvalue weighted by Crippen LogP contribution is -2.33. The highest BCUT2D eigenvalue weighted by Gasteiger charge is 2.27. The van der Waals surface area contributed by atoms with Gasteiger partial charge in [-0.1, -0.05) is 0 Å². The van der Waals surface area contributed by atoms with E-state index in [2.05, 4.69) is 15.0 Å². The fourth-order valence-electron chi connectivity index (χ4n) is 2.55. The van der Waals surface area contributed by atoms with E-state index in [1.54, 1.807) is 18.5 Å². The van der Waals surface area contributed by atoms with Crippen molar-refractivity contribution in [3.05, 3.63) is 42.0 Å². The van der Waals surface area contributed by atoms with Gasteiger partial charge < -0.3 is 9.80 Å². The van der Waals surface area contributed by atoms with E-state index in [1.807, 2.05) is 4.90 Å². The zero-order chi connectivity index (χ0) is 16.4. The summed E-state index contributed by atoms with van der Waals surface area (Å²) >= 11 is 0. The molecule has 0 aliphatic carbocycles. The maximum absolute atomic E-state index is 13.9. The largest absolute Gasteiger partial charge is 0.365 e. The summed E-state index contributed by atoms with van der Waals surface area (Å²) in [6.45, 7) is 1.36. The minimum atomic E-state index is -1.65. The fourth-order valence-corrected chi connectivity index (χ4v) is 2.55. The molecule has 0 radical (unpaired) electrons. The molecule has 0 spiro atoms. The van der Waals surface area contributed by atoms with Gasteiger partial charge in [0.2, 0.25) is 17.6 Å². The SMILES string of the molecule is Fc1nc(F)c(F)c(N2CCCN(c3ncccn3)CC2)c1F. The first-order valence-electron chi connectivity index (χ1n) is 7.05. The number of nitrogens with zero attached hydrogens (tertiary/aromatic N) is 5. The first-order valence-corrected chi connectivity index (χ1v) is 7.05. The maximum Gasteiger partial charge on any atom is 0.253 e. The molecule has 1 aliphatic heterocycles. The normalized spacial score (nSPS) is 15.7. The third-order valence-electron chi connectivity index (χ3n) is 3.62. The lowest BCUT2D eigenvalue weighted by Gasteiger charge is -2.24. The summed E-state index contributed by atoms with van der Waals surface area (Å²) in [4.78, 5) is 14.0. The van der Waals surface area contributed by atoms with Crippen LogP contribution in [0.4, 0.5) is 29.2 Å². The number of aromatic nitrogens is 3. The molecule has 0 amide bonds. The van der Waals surface area contributed by atoms with Crippen LogP contribution in [-0.2, 0) is 0 Å². The molecule has 0 bridgehead atoms. The standard InChI is InChI=1S/C14H13F4N5/c15-9-11(10(16)13(18)21-12(9)17)22-5-2-6-23(8-7-22)14-19-3-1-4-20-14/h1,3-4H,2,5-8H2. The number of anilines is 2. The Balaban J connectivity index is 1.84. The number of pyridine rings is 1. The van der Waals surface area contributed by atoms with E-state index in [9.17, 15) is 17.6 Å². The van der Waals surface area contributed by atoms with Crippen molar-refractivity contribution >= 4 is 11.6 Å². The van der Waals surface area contributed by atoms with E-state index in [0.29, 0.717) is 25.5 Å². The zero-order valence-electron chi connectivity index (χ0n) is 12.0. The quantitative estimate of drug-likeness (QED) is 0.625. The van der Waals surface area contributed by atoms with Gasteiger partial charge >= 0.3 is 0 Å². The lowest BCUT2D eigenvalue weighted by molar-refractivity contribution is 0.406. The second kappa shape index (κ2) is 6.35. The molecule has 1 fully saturated rings. The predicted octanol–water partition coefficient (Wildman–Crippen LogP) is 2.14. The van der Waals surface area contributed by atoms with Crippen LogP contribution in [0, 0.1) is 23.5 Å². The van der Waals surface area contributed by atoms with Crippen LogP contribution in [0.5, 0.6) is 0 Å². The molecule has 0 saturated carbocycles. The summed E-state index contributed by atoms with van der Waals surface area (Å²) in [5.74, 6) is -5.75. The number of halogens is 4. The van der Waals surface area contributed by atoms with Crippen molar-refractivity contribution in [1.82, 2.24) is 15.0 Å². The highest BCUT2D eigenvalue weighted by molar-refractivity contribution is 5.49. The van der Waals surface area contributed by atoms with Gasteiger partial charge in [0, 0.05) is 38.6 Å². The van der Waals surface area contributed by atoms with Crippen molar-refractivity contribution in [2.75, 3.05) is 36.0 Å². The Morgan fingerprint density at radius 3 is 2.00 bits per heavy atom. The smallest absolute Gasteiger partial charge is 0.253 e. The van der Waals surface area contributed by atoms with Gasteiger partial charge in [-0.15, -0.1) is 0 Å². The molecule has 0 N–H and O–H groups in total. The molecule has 0 atom stereocenters. The van der Waals surface area contributed by atoms with E-state index in [4.69, 9.17) is 0 Å². The van der Waals surface area contributed by atoms with E-state index < -0.39 is 29.2 Å². The van der Waals surface area contributed by atoms with Crippen LogP contribution in [0.2, 0.25) is 0 Å². The van der Waals surface area contributed by atoms with Crippen molar-refractivity contribution in [2.24, 2.45) is 0 Å². The first kappa shape index (κ1) is 15.4. The summed E-state index contributed by atoms with van der Waals surface area (Å²) in [5.41, 5.74) is -0.717. The van der Waals surface area contributed by atoms with Crippen LogP contribution in [0.25, 0.3) is 0 Å². The van der Waals surface area contributed by atoms with Crippen molar-refractivity contribution in [3.8, 4) is 0 Å². The van der Waals surface area contributed by atoms with Crippen LogP contribution in [0.3, 0.4) is 0 Å². The molecule has 1 saturated heterocycles. The average Bonchev–Trinajstić information content (AvgIpc) is 2.80. The second-order valence-corrected chi connectivity index (χ2v) is 5.05. The lowest BCUT2D eigenvalue weighted by atomic mass is 10.3. The zero-order valence-corrected chi connectivity index (χ0v) is 12.0. The molecule has 3 rings (SSSR count). The van der Waals surface area contributed by atoms with Crippen molar-refractivity contribution in [2.45, 2.75) is 6.42 Å². The molecule has 0 unspecified atom stereocenters. The van der Waals surface area contributed by atoms with Gasteiger partial charge in [-0.3, -0.25) is 0 Å². The van der Waals surface area contributed by atoms with Crippen LogP contribution in [0.15, 0.2) is 18.5 Å². The topological polar surface area (TPSA) is 45.2 Å². The Hall–Kier alpha value is -2.45. The van der Waals surface area contributed by atoms with Crippen molar-refractivity contribution < 1.29 is 17.6 Å². The molecular weight excluding hydrogens is 314 g/mol. The van der Waals surface area contributed by atoms with Crippen molar-refractivity contribution in [3.63, 3.8) is 0 Å². The Kier molecular flexibility index (Phi) is 4.26. The van der Waals surface area contributed by atoms with Gasteiger partial charge in [-0.2, -0.15) is 22.5 Å². The second-order valence-electron chi connectivity index (χ2n) is 5.05. The van der Waals surface area contributed by atoms with E-state index in [0.717, 1.165) is 0 Å². The van der Waals surface area contributed by atoms with Crippen LogP contribution < -0.4 is 9.80 Å². The maximum atomic E-state index is 13.9. The Morgan fingerprint density at radius 2 is 1.35 bits per heavy atom. The summed E-state index contributed by atoms with van der Waals surface area (Å²) in [6, 6.07) is 1.68. The molecule has 2 aromatic rings. The average molecular weight is 327 g/mol. The van der Waals surface area contributed by atoms with Gasteiger partial charge in [0.05, 0.1) is 0 Å². The number of hydrogen-bond acceptors (Lipinski definition) is 5. The molecule has 122 valence electrons. The van der Waals surface area contributed by atoms with E-state index in [1.165, 1.54) is 4.90 Å². The van der Waals surface area contributed by atoms with Gasteiger partial charge in [0.25, 0.3) is 11.9 Å². The van der Waals surface area contributed by atoms with E-state index in [-0.39, 0.29) is 13.1 Å². The summed E-state index contributed by atoms with van der Waals surface area (Å²) in [6.07, 6.45) is 3.72. The van der Waals surface area contributed by atoms with Crippen molar-refractivity contribution in [1.29, 1.82) is 0 Å². The molecule has 3 heterocycles. The Bertz CT molecular complexity index is 671. The van der Waals surface area contributed by atoms with Gasteiger partial charge in [-0.05, 0) is 12.5 Å². The highest BCUT2D eigenvalue weighted by atomic mass is 19.2. The summed E-state index contributed by atoms with van der Waals surface area (Å²) < 4.78 is 54.2. The highest BCUT2D eigenvalue weighted by Crippen LogP contribution is 2.27. The molecule has 9 heteroatoms. The molecule has 1 aliphatic rings. The number of rotatable bonds is 2. The van der Waals surface area contributed by atoms with E-state index >= 15 is 0 Å². The first-order chi connectivity index (χ1) is 11.1. The van der Waals surface area contributed by atoms with Gasteiger partial charge in [0.1, 0.15) is 5.69 Å². The third-order valence-corrected chi connectivity index (χ3v) is 3.62. The van der Waals surface area contributed by atoms with Crippen LogP contribution in [-0.4, -0.2) is 41.1 Å². The fraction of sp³-hybridized carbons (Fsp3) is 0.357. The van der Waals surface area contributed by atoms with Crippen LogP contribution >= 0.6 is 0 Å². The third kappa shape index (κ3) is 3.03. The molecule has 23 heavy (non-hydrogen) atoms. The van der Waals surface area contributed by atoms with Gasteiger partial charge in [-0.25, -0.2) is 9.97 Å². The molecule has 0 aromatic carbocycles.